The van der Waals surface area contributed by atoms with Crippen LogP contribution in [0.5, 0.6) is 0 Å². The van der Waals surface area contributed by atoms with Gasteiger partial charge in [-0.1, -0.05) is 12.1 Å². The monoisotopic (exact) mass is 387 g/mol. The van der Waals surface area contributed by atoms with E-state index in [2.05, 4.69) is 10.3 Å². The Morgan fingerprint density at radius 1 is 1.23 bits per heavy atom. The van der Waals surface area contributed by atoms with Crippen LogP contribution in [0.4, 0.5) is 18.9 Å². The van der Waals surface area contributed by atoms with Crippen LogP contribution in [0.15, 0.2) is 48.8 Å². The maximum absolute atomic E-state index is 12.8. The number of amides is 1. The highest BCUT2D eigenvalue weighted by molar-refractivity contribution is 7.92. The maximum atomic E-state index is 12.8. The van der Waals surface area contributed by atoms with Crippen LogP contribution in [-0.2, 0) is 27.5 Å². The van der Waals surface area contributed by atoms with Crippen molar-refractivity contribution < 1.29 is 26.4 Å². The van der Waals surface area contributed by atoms with Crippen LogP contribution < -0.4 is 9.62 Å². The lowest BCUT2D eigenvalue weighted by atomic mass is 10.2. The van der Waals surface area contributed by atoms with Gasteiger partial charge in [0.05, 0.1) is 17.5 Å². The van der Waals surface area contributed by atoms with Crippen molar-refractivity contribution in [3.63, 3.8) is 0 Å². The van der Waals surface area contributed by atoms with E-state index < -0.39 is 34.2 Å². The SMILES string of the molecule is CS(=O)(=O)N(CC(=O)NCc1cccnc1)c1cccc(C(F)(F)F)c1. The summed E-state index contributed by atoms with van der Waals surface area (Å²) in [5.74, 6) is -0.656. The van der Waals surface area contributed by atoms with Gasteiger partial charge in [0.15, 0.2) is 0 Å². The molecule has 1 heterocycles. The van der Waals surface area contributed by atoms with Crippen LogP contribution in [-0.4, -0.2) is 32.1 Å². The molecule has 2 rings (SSSR count). The summed E-state index contributed by atoms with van der Waals surface area (Å²) in [6.07, 6.45) is -0.713. The minimum atomic E-state index is -4.62. The zero-order valence-electron chi connectivity index (χ0n) is 13.7. The first kappa shape index (κ1) is 19.7. The molecule has 1 aromatic heterocycles. The number of benzene rings is 1. The van der Waals surface area contributed by atoms with Crippen molar-refractivity contribution in [2.45, 2.75) is 12.7 Å². The highest BCUT2D eigenvalue weighted by Gasteiger charge is 2.31. The van der Waals surface area contributed by atoms with E-state index >= 15 is 0 Å². The summed E-state index contributed by atoms with van der Waals surface area (Å²) in [7, 11) is -3.97. The highest BCUT2D eigenvalue weighted by atomic mass is 32.2. The number of alkyl halides is 3. The predicted octanol–water partition coefficient (Wildman–Crippen LogP) is 2.18. The van der Waals surface area contributed by atoms with Gasteiger partial charge in [-0.2, -0.15) is 13.2 Å². The van der Waals surface area contributed by atoms with Crippen molar-refractivity contribution in [2.24, 2.45) is 0 Å². The van der Waals surface area contributed by atoms with Gasteiger partial charge in [-0.05, 0) is 29.8 Å². The third-order valence-electron chi connectivity index (χ3n) is 3.36. The molecule has 0 atom stereocenters. The molecule has 26 heavy (non-hydrogen) atoms. The number of carbonyl (C=O) groups is 1. The fourth-order valence-electron chi connectivity index (χ4n) is 2.13. The lowest BCUT2D eigenvalue weighted by Crippen LogP contribution is -2.40. The Kier molecular flexibility index (Phi) is 5.86. The smallest absolute Gasteiger partial charge is 0.350 e. The Morgan fingerprint density at radius 2 is 1.96 bits per heavy atom. The molecule has 1 N–H and O–H groups in total. The van der Waals surface area contributed by atoms with Crippen LogP contribution in [0.1, 0.15) is 11.1 Å². The lowest BCUT2D eigenvalue weighted by molar-refractivity contribution is -0.137. The molecule has 1 amide bonds. The van der Waals surface area contributed by atoms with Crippen LogP contribution in [0.2, 0.25) is 0 Å². The summed E-state index contributed by atoms with van der Waals surface area (Å²) >= 11 is 0. The maximum Gasteiger partial charge on any atom is 0.416 e. The van der Waals surface area contributed by atoms with Gasteiger partial charge in [-0.25, -0.2) is 8.42 Å². The summed E-state index contributed by atoms with van der Waals surface area (Å²) in [5.41, 5.74) is -0.538. The number of aromatic nitrogens is 1. The topological polar surface area (TPSA) is 79.4 Å². The lowest BCUT2D eigenvalue weighted by Gasteiger charge is -2.22. The molecule has 0 fully saturated rings. The van der Waals surface area contributed by atoms with E-state index in [1.807, 2.05) is 0 Å². The molecule has 0 aliphatic carbocycles. The highest BCUT2D eigenvalue weighted by Crippen LogP contribution is 2.32. The van der Waals surface area contributed by atoms with E-state index in [0.29, 0.717) is 15.9 Å². The van der Waals surface area contributed by atoms with E-state index in [1.165, 1.54) is 12.3 Å². The molecule has 0 bridgehead atoms. The minimum Gasteiger partial charge on any atom is -0.350 e. The fourth-order valence-corrected chi connectivity index (χ4v) is 2.98. The Hall–Kier alpha value is -2.62. The van der Waals surface area contributed by atoms with Crippen LogP contribution in [0.25, 0.3) is 0 Å². The normalized spacial score (nSPS) is 11.8. The number of nitrogens with zero attached hydrogens (tertiary/aromatic N) is 2. The molecule has 6 nitrogen and oxygen atoms in total. The average Bonchev–Trinajstić information content (AvgIpc) is 2.57. The van der Waals surface area contributed by atoms with Gasteiger partial charge in [0.1, 0.15) is 6.54 Å². The minimum absolute atomic E-state index is 0.118. The molecular weight excluding hydrogens is 371 g/mol. The number of hydrogen-bond donors (Lipinski definition) is 1. The molecule has 0 unspecified atom stereocenters. The standard InChI is InChI=1S/C16H16F3N3O3S/c1-26(24,25)22(14-6-2-5-13(8-14)16(17,18)19)11-15(23)21-10-12-4-3-7-20-9-12/h2-9H,10-11H2,1H3,(H,21,23). The first-order valence-electron chi connectivity index (χ1n) is 7.38. The number of hydrogen-bond acceptors (Lipinski definition) is 4. The summed E-state index contributed by atoms with van der Waals surface area (Å²) in [6, 6.07) is 7.19. The number of halogens is 3. The third-order valence-corrected chi connectivity index (χ3v) is 4.50. The van der Waals surface area contributed by atoms with E-state index in [4.69, 9.17) is 0 Å². The Morgan fingerprint density at radius 3 is 2.54 bits per heavy atom. The number of anilines is 1. The van der Waals surface area contributed by atoms with E-state index in [1.54, 1.807) is 18.3 Å². The molecule has 0 saturated heterocycles. The third kappa shape index (κ3) is 5.45. The number of rotatable bonds is 6. The Balaban J connectivity index is 2.17. The van der Waals surface area contributed by atoms with E-state index in [-0.39, 0.29) is 12.2 Å². The molecule has 2 aromatic rings. The van der Waals surface area contributed by atoms with Gasteiger partial charge in [0, 0.05) is 18.9 Å². The molecule has 140 valence electrons. The molecule has 1 aromatic carbocycles. The van der Waals surface area contributed by atoms with Crippen molar-refractivity contribution in [3.05, 3.63) is 59.9 Å². The van der Waals surface area contributed by atoms with Crippen molar-refractivity contribution in [2.75, 3.05) is 17.1 Å². The molecule has 0 spiro atoms. The Labute approximate surface area is 148 Å². The molecule has 0 aliphatic rings. The molecular formula is C16H16F3N3O3S. The first-order valence-corrected chi connectivity index (χ1v) is 9.23. The number of nitrogens with one attached hydrogen (secondary N) is 1. The van der Waals surface area contributed by atoms with Crippen molar-refractivity contribution in [1.82, 2.24) is 10.3 Å². The van der Waals surface area contributed by atoms with E-state index in [0.717, 1.165) is 18.4 Å². The predicted molar refractivity (Wildman–Crippen MR) is 89.7 cm³/mol. The largest absolute Gasteiger partial charge is 0.416 e. The van der Waals surface area contributed by atoms with Gasteiger partial charge in [-0.15, -0.1) is 0 Å². The average molecular weight is 387 g/mol. The summed E-state index contributed by atoms with van der Waals surface area (Å²) in [4.78, 5) is 15.9. The Bertz CT molecular complexity index is 871. The number of sulfonamides is 1. The number of carbonyl (C=O) groups excluding carboxylic acids is 1. The van der Waals surface area contributed by atoms with Crippen LogP contribution >= 0.6 is 0 Å². The van der Waals surface area contributed by atoms with Crippen LogP contribution in [0, 0.1) is 0 Å². The summed E-state index contributed by atoms with van der Waals surface area (Å²) in [6.45, 7) is -0.521. The van der Waals surface area contributed by atoms with Crippen molar-refractivity contribution in [1.29, 1.82) is 0 Å². The van der Waals surface area contributed by atoms with Crippen molar-refractivity contribution >= 4 is 21.6 Å². The van der Waals surface area contributed by atoms with Crippen LogP contribution in [0.3, 0.4) is 0 Å². The quantitative estimate of drug-likeness (QED) is 0.824. The second-order valence-electron chi connectivity index (χ2n) is 5.46. The van der Waals surface area contributed by atoms with Gasteiger partial charge in [0.2, 0.25) is 15.9 Å². The molecule has 0 aliphatic heterocycles. The fraction of sp³-hybridized carbons (Fsp3) is 0.250. The summed E-state index contributed by atoms with van der Waals surface area (Å²) < 4.78 is 63.1. The number of pyridine rings is 1. The van der Waals surface area contributed by atoms with Gasteiger partial charge in [0.25, 0.3) is 0 Å². The molecule has 10 heteroatoms. The van der Waals surface area contributed by atoms with Gasteiger partial charge in [-0.3, -0.25) is 14.1 Å². The molecule has 0 saturated carbocycles. The zero-order chi connectivity index (χ0) is 19.4. The first-order chi connectivity index (χ1) is 12.1. The van der Waals surface area contributed by atoms with Gasteiger partial charge < -0.3 is 5.32 Å². The molecule has 0 radical (unpaired) electrons. The van der Waals surface area contributed by atoms with Gasteiger partial charge >= 0.3 is 6.18 Å². The second-order valence-corrected chi connectivity index (χ2v) is 7.36. The summed E-state index contributed by atoms with van der Waals surface area (Å²) in [5, 5.41) is 2.51. The second kappa shape index (κ2) is 7.73. The van der Waals surface area contributed by atoms with E-state index in [9.17, 15) is 26.4 Å². The van der Waals surface area contributed by atoms with Crippen molar-refractivity contribution in [3.8, 4) is 0 Å². The zero-order valence-corrected chi connectivity index (χ0v) is 14.5.